The van der Waals surface area contributed by atoms with Crippen LogP contribution in [0.15, 0.2) is 84.9 Å². The molecule has 0 aromatic heterocycles. The van der Waals surface area contributed by atoms with Gasteiger partial charge in [0.15, 0.2) is 5.11 Å². The Hall–Kier alpha value is -3.77. The summed E-state index contributed by atoms with van der Waals surface area (Å²) in [4.78, 5) is 25.0. The van der Waals surface area contributed by atoms with E-state index in [0.29, 0.717) is 11.3 Å². The predicted octanol–water partition coefficient (Wildman–Crippen LogP) is 5.01. The quantitative estimate of drug-likeness (QED) is 0.370. The first-order chi connectivity index (χ1) is 15.4. The van der Waals surface area contributed by atoms with Crippen molar-refractivity contribution < 1.29 is 9.59 Å². The number of benzene rings is 3. The average molecular weight is 444 g/mol. The van der Waals surface area contributed by atoms with Crippen molar-refractivity contribution in [1.29, 1.82) is 0 Å². The van der Waals surface area contributed by atoms with E-state index in [1.54, 1.807) is 30.3 Å². The molecule has 0 saturated heterocycles. The van der Waals surface area contributed by atoms with E-state index in [2.05, 4.69) is 16.0 Å². The zero-order valence-electron chi connectivity index (χ0n) is 18.0. The van der Waals surface area contributed by atoms with E-state index in [4.69, 9.17) is 12.2 Å². The van der Waals surface area contributed by atoms with Crippen LogP contribution in [0.5, 0.6) is 0 Å². The van der Waals surface area contributed by atoms with Crippen LogP contribution in [0.25, 0.3) is 6.08 Å². The fourth-order valence-electron chi connectivity index (χ4n) is 3.05. The van der Waals surface area contributed by atoms with Gasteiger partial charge < -0.3 is 10.6 Å². The van der Waals surface area contributed by atoms with Crippen LogP contribution in [0.4, 0.5) is 5.69 Å². The summed E-state index contributed by atoms with van der Waals surface area (Å²) in [6, 6.07) is 24.4. The summed E-state index contributed by atoms with van der Waals surface area (Å²) in [6.45, 7) is 3.93. The molecule has 0 spiro atoms. The largest absolute Gasteiger partial charge is 0.345 e. The monoisotopic (exact) mass is 443 g/mol. The van der Waals surface area contributed by atoms with Crippen LogP contribution in [0.3, 0.4) is 0 Å². The summed E-state index contributed by atoms with van der Waals surface area (Å²) >= 11 is 5.26. The van der Waals surface area contributed by atoms with Crippen LogP contribution in [0.2, 0.25) is 0 Å². The Morgan fingerprint density at radius 1 is 0.906 bits per heavy atom. The topological polar surface area (TPSA) is 70.2 Å². The second-order valence-electron chi connectivity index (χ2n) is 7.34. The second-order valence-corrected chi connectivity index (χ2v) is 7.75. The Morgan fingerprint density at radius 3 is 2.28 bits per heavy atom. The Morgan fingerprint density at radius 2 is 1.56 bits per heavy atom. The molecule has 0 aliphatic carbocycles. The zero-order chi connectivity index (χ0) is 22.9. The van der Waals surface area contributed by atoms with Crippen molar-refractivity contribution in [2.75, 3.05) is 5.32 Å². The lowest BCUT2D eigenvalue weighted by Crippen LogP contribution is -2.34. The van der Waals surface area contributed by atoms with E-state index in [1.165, 1.54) is 6.08 Å². The van der Waals surface area contributed by atoms with Crippen molar-refractivity contribution in [3.8, 4) is 0 Å². The van der Waals surface area contributed by atoms with Gasteiger partial charge in [-0.1, -0.05) is 72.3 Å². The van der Waals surface area contributed by atoms with Gasteiger partial charge in [0.25, 0.3) is 5.91 Å². The minimum atomic E-state index is -0.359. The van der Waals surface area contributed by atoms with Gasteiger partial charge in [-0.3, -0.25) is 14.9 Å². The number of thiocarbonyl (C=S) groups is 1. The molecule has 32 heavy (non-hydrogen) atoms. The molecule has 3 aromatic rings. The van der Waals surface area contributed by atoms with Crippen molar-refractivity contribution in [2.24, 2.45) is 0 Å². The normalized spacial score (nSPS) is 11.6. The molecule has 1 unspecified atom stereocenters. The number of nitrogens with one attached hydrogen (secondary N) is 3. The standard InChI is InChI=1S/C26H25N3O2S/c1-18-12-14-20(15-13-18)16-17-24(30)29-26(32)28-23-11-7-6-10-22(23)25(31)27-19(2)21-8-4-3-5-9-21/h3-17,19H,1-2H3,(H,27,31)(H2,28,29,30,32)/b17-16+. The smallest absolute Gasteiger partial charge is 0.253 e. The van der Waals surface area contributed by atoms with Crippen LogP contribution in [-0.2, 0) is 4.79 Å². The van der Waals surface area contributed by atoms with Crippen molar-refractivity contribution in [2.45, 2.75) is 19.9 Å². The molecule has 0 radical (unpaired) electrons. The molecule has 3 aromatic carbocycles. The molecule has 162 valence electrons. The van der Waals surface area contributed by atoms with Gasteiger partial charge in [-0.05, 0) is 55.4 Å². The minimum absolute atomic E-state index is 0.111. The maximum absolute atomic E-state index is 12.8. The second kappa shape index (κ2) is 11.0. The number of rotatable bonds is 6. The third-order valence-electron chi connectivity index (χ3n) is 4.81. The number of amides is 2. The zero-order valence-corrected chi connectivity index (χ0v) is 18.8. The van der Waals surface area contributed by atoms with E-state index in [9.17, 15) is 9.59 Å². The maximum atomic E-state index is 12.8. The predicted molar refractivity (Wildman–Crippen MR) is 133 cm³/mol. The Kier molecular flexibility index (Phi) is 7.89. The van der Waals surface area contributed by atoms with Gasteiger partial charge in [-0.2, -0.15) is 0 Å². The molecule has 3 rings (SSSR count). The van der Waals surface area contributed by atoms with Crippen LogP contribution >= 0.6 is 12.2 Å². The third-order valence-corrected chi connectivity index (χ3v) is 5.01. The highest BCUT2D eigenvalue weighted by Crippen LogP contribution is 2.18. The van der Waals surface area contributed by atoms with Gasteiger partial charge in [0.05, 0.1) is 17.3 Å². The summed E-state index contributed by atoms with van der Waals surface area (Å²) in [6.07, 6.45) is 3.13. The van der Waals surface area contributed by atoms with Crippen LogP contribution in [-0.4, -0.2) is 16.9 Å². The molecule has 1 atom stereocenters. The van der Waals surface area contributed by atoms with Crippen LogP contribution in [0, 0.1) is 6.92 Å². The van der Waals surface area contributed by atoms with Gasteiger partial charge in [0.1, 0.15) is 0 Å². The summed E-state index contributed by atoms with van der Waals surface area (Å²) in [5.41, 5.74) is 4.02. The van der Waals surface area contributed by atoms with Gasteiger partial charge in [-0.15, -0.1) is 0 Å². The molecule has 6 heteroatoms. The van der Waals surface area contributed by atoms with Crippen LogP contribution in [0.1, 0.15) is 40.0 Å². The van der Waals surface area contributed by atoms with Gasteiger partial charge in [0, 0.05) is 6.08 Å². The molecule has 2 amide bonds. The van der Waals surface area contributed by atoms with E-state index >= 15 is 0 Å². The van der Waals surface area contributed by atoms with E-state index in [0.717, 1.165) is 16.7 Å². The molecule has 3 N–H and O–H groups in total. The van der Waals surface area contributed by atoms with E-state index in [1.807, 2.05) is 68.4 Å². The van der Waals surface area contributed by atoms with Gasteiger partial charge in [-0.25, -0.2) is 0 Å². The molecule has 0 saturated carbocycles. The fourth-order valence-corrected chi connectivity index (χ4v) is 3.26. The molecule has 0 fully saturated rings. The maximum Gasteiger partial charge on any atom is 0.253 e. The minimum Gasteiger partial charge on any atom is -0.345 e. The number of carbonyl (C=O) groups excluding carboxylic acids is 2. The molecule has 5 nitrogen and oxygen atoms in total. The number of carbonyl (C=O) groups is 2. The first-order valence-corrected chi connectivity index (χ1v) is 10.6. The van der Waals surface area contributed by atoms with Crippen molar-refractivity contribution in [3.63, 3.8) is 0 Å². The summed E-state index contributed by atoms with van der Waals surface area (Å²) in [5.74, 6) is -0.597. The molecular weight excluding hydrogens is 418 g/mol. The lowest BCUT2D eigenvalue weighted by molar-refractivity contribution is -0.115. The molecule has 0 heterocycles. The van der Waals surface area contributed by atoms with Crippen molar-refractivity contribution in [3.05, 3.63) is 107 Å². The Balaban J connectivity index is 1.61. The van der Waals surface area contributed by atoms with E-state index in [-0.39, 0.29) is 23.0 Å². The average Bonchev–Trinajstić information content (AvgIpc) is 2.79. The van der Waals surface area contributed by atoms with E-state index < -0.39 is 0 Å². The third kappa shape index (κ3) is 6.62. The molecular formula is C26H25N3O2S. The Bertz CT molecular complexity index is 1130. The number of para-hydroxylation sites is 1. The lowest BCUT2D eigenvalue weighted by atomic mass is 10.1. The van der Waals surface area contributed by atoms with Crippen LogP contribution < -0.4 is 16.0 Å². The van der Waals surface area contributed by atoms with Crippen molar-refractivity contribution in [1.82, 2.24) is 10.6 Å². The number of aryl methyl sites for hydroxylation is 1. The summed E-state index contributed by atoms with van der Waals surface area (Å²) in [5, 5.41) is 8.65. The van der Waals surface area contributed by atoms with Gasteiger partial charge >= 0.3 is 0 Å². The SMILES string of the molecule is Cc1ccc(/C=C/C(=O)NC(=S)Nc2ccccc2C(=O)NC(C)c2ccccc2)cc1. The molecule has 0 aliphatic heterocycles. The van der Waals surface area contributed by atoms with Crippen molar-refractivity contribution >= 4 is 40.9 Å². The Labute approximate surface area is 193 Å². The number of anilines is 1. The number of hydrogen-bond acceptors (Lipinski definition) is 3. The molecule has 0 aliphatic rings. The van der Waals surface area contributed by atoms with Gasteiger partial charge in [0.2, 0.25) is 5.91 Å². The highest BCUT2D eigenvalue weighted by molar-refractivity contribution is 7.80. The fraction of sp³-hybridized carbons (Fsp3) is 0.115. The summed E-state index contributed by atoms with van der Waals surface area (Å²) in [7, 11) is 0. The first-order valence-electron chi connectivity index (χ1n) is 10.2. The highest BCUT2D eigenvalue weighted by atomic mass is 32.1. The highest BCUT2D eigenvalue weighted by Gasteiger charge is 2.15. The first kappa shape index (κ1) is 22.9. The summed E-state index contributed by atoms with van der Waals surface area (Å²) < 4.78 is 0. The molecule has 0 bridgehead atoms. The lowest BCUT2D eigenvalue weighted by Gasteiger charge is -2.17. The number of hydrogen-bond donors (Lipinski definition) is 3.